The van der Waals surface area contributed by atoms with Gasteiger partial charge in [-0.25, -0.2) is 13.4 Å². The van der Waals surface area contributed by atoms with Gasteiger partial charge >= 0.3 is 0 Å². The molecule has 110 valence electrons. The lowest BCUT2D eigenvalue weighted by Crippen LogP contribution is -2.17. The fraction of sp³-hybridized carbons (Fsp3) is 0. The van der Waals surface area contributed by atoms with Gasteiger partial charge in [0.1, 0.15) is 4.90 Å². The van der Waals surface area contributed by atoms with E-state index in [2.05, 4.69) is 9.71 Å². The van der Waals surface area contributed by atoms with Crippen LogP contribution in [-0.4, -0.2) is 19.3 Å². The number of hydrogen-bond donors (Lipinski definition) is 3. The Morgan fingerprint density at radius 3 is 2.48 bits per heavy atom. The first-order valence-corrected chi connectivity index (χ1v) is 7.11. The van der Waals surface area contributed by atoms with Crippen LogP contribution in [0.3, 0.4) is 0 Å². The van der Waals surface area contributed by atoms with Crippen molar-refractivity contribution >= 4 is 27.3 Å². The Kier molecular flexibility index (Phi) is 3.76. The number of pyridine rings is 1. The molecule has 1 aromatic heterocycles. The molecule has 21 heavy (non-hydrogen) atoms. The molecule has 2 rings (SSSR count). The maximum absolute atomic E-state index is 12.7. The second kappa shape index (κ2) is 5.37. The summed E-state index contributed by atoms with van der Waals surface area (Å²) in [5.41, 5.74) is 10.7. The largest absolute Gasteiger partial charge is 0.398 e. The Labute approximate surface area is 119 Å². The Morgan fingerprint density at radius 1 is 1.24 bits per heavy atom. The molecule has 0 atom stereocenters. The molecule has 0 aliphatic heterocycles. The van der Waals surface area contributed by atoms with Gasteiger partial charge in [0, 0.05) is 5.56 Å². The number of rotatable bonds is 4. The smallest absolute Gasteiger partial charge is 0.263 e. The lowest BCUT2D eigenvalue weighted by molar-refractivity contribution is 0.1000. The standard InChI is InChI=1S/C12H11FN4O3S/c13-11-4-2-8(6-16-11)17-21(19,20)10-3-1-7(12(15)18)5-9(10)14/h1-6,17H,14H2,(H2,15,18). The van der Waals surface area contributed by atoms with Crippen molar-refractivity contribution in [3.8, 4) is 0 Å². The zero-order chi connectivity index (χ0) is 15.6. The van der Waals surface area contributed by atoms with Crippen molar-refractivity contribution in [3.63, 3.8) is 0 Å². The molecule has 1 aromatic carbocycles. The number of sulfonamides is 1. The molecule has 5 N–H and O–H groups in total. The molecule has 0 spiro atoms. The maximum Gasteiger partial charge on any atom is 0.263 e. The first-order valence-electron chi connectivity index (χ1n) is 5.63. The van der Waals surface area contributed by atoms with E-state index in [-0.39, 0.29) is 21.8 Å². The number of aromatic nitrogens is 1. The first kappa shape index (κ1) is 14.7. The summed E-state index contributed by atoms with van der Waals surface area (Å²) in [5.74, 6) is -1.45. The zero-order valence-electron chi connectivity index (χ0n) is 10.6. The van der Waals surface area contributed by atoms with Crippen LogP contribution < -0.4 is 16.2 Å². The minimum atomic E-state index is -3.99. The third-order valence-electron chi connectivity index (χ3n) is 2.56. The fourth-order valence-electron chi connectivity index (χ4n) is 1.59. The number of carbonyl (C=O) groups excluding carboxylic acids is 1. The summed E-state index contributed by atoms with van der Waals surface area (Å²) in [6, 6.07) is 5.80. The summed E-state index contributed by atoms with van der Waals surface area (Å²) in [4.78, 5) is 14.1. The molecule has 9 heteroatoms. The Hall–Kier alpha value is -2.68. The number of hydrogen-bond acceptors (Lipinski definition) is 5. The average Bonchev–Trinajstić information content (AvgIpc) is 2.40. The molecule has 0 unspecified atom stereocenters. The molecule has 0 bridgehead atoms. The van der Waals surface area contributed by atoms with Crippen molar-refractivity contribution < 1.29 is 17.6 Å². The van der Waals surface area contributed by atoms with Crippen LogP contribution >= 0.6 is 0 Å². The third kappa shape index (κ3) is 3.26. The number of benzene rings is 1. The van der Waals surface area contributed by atoms with E-state index in [1.54, 1.807) is 0 Å². The van der Waals surface area contributed by atoms with Gasteiger partial charge in [-0.2, -0.15) is 4.39 Å². The van der Waals surface area contributed by atoms with Gasteiger partial charge in [-0.1, -0.05) is 0 Å². The molecule has 0 aliphatic carbocycles. The van der Waals surface area contributed by atoms with Crippen molar-refractivity contribution in [2.24, 2.45) is 5.73 Å². The Balaban J connectivity index is 2.35. The van der Waals surface area contributed by atoms with Crippen molar-refractivity contribution in [2.45, 2.75) is 4.90 Å². The van der Waals surface area contributed by atoms with Gasteiger partial charge in [0.25, 0.3) is 10.0 Å². The van der Waals surface area contributed by atoms with Crippen LogP contribution in [0.2, 0.25) is 0 Å². The van der Waals surface area contributed by atoms with Crippen LogP contribution in [-0.2, 0) is 10.0 Å². The first-order chi connectivity index (χ1) is 9.79. The normalized spacial score (nSPS) is 11.1. The number of primary amides is 1. The van der Waals surface area contributed by atoms with E-state index in [1.165, 1.54) is 18.2 Å². The van der Waals surface area contributed by atoms with Gasteiger partial charge < -0.3 is 11.5 Å². The third-order valence-corrected chi connectivity index (χ3v) is 4.02. The molecule has 0 saturated carbocycles. The number of amides is 1. The van der Waals surface area contributed by atoms with Crippen LogP contribution in [0, 0.1) is 5.95 Å². The van der Waals surface area contributed by atoms with Crippen molar-refractivity contribution in [3.05, 3.63) is 48.0 Å². The van der Waals surface area contributed by atoms with Crippen LogP contribution in [0.4, 0.5) is 15.8 Å². The second-order valence-electron chi connectivity index (χ2n) is 4.09. The Bertz CT molecular complexity index is 791. The molecule has 0 fully saturated rings. The van der Waals surface area contributed by atoms with Gasteiger partial charge in [0.15, 0.2) is 0 Å². The zero-order valence-corrected chi connectivity index (χ0v) is 11.4. The van der Waals surface area contributed by atoms with E-state index >= 15 is 0 Å². The highest BCUT2D eigenvalue weighted by Gasteiger charge is 2.18. The van der Waals surface area contributed by atoms with Gasteiger partial charge in [0.2, 0.25) is 11.9 Å². The summed E-state index contributed by atoms with van der Waals surface area (Å²) in [5, 5.41) is 0. The molecule has 0 radical (unpaired) electrons. The molecule has 0 saturated heterocycles. The van der Waals surface area contributed by atoms with Crippen molar-refractivity contribution in [1.82, 2.24) is 4.98 Å². The quantitative estimate of drug-likeness (QED) is 0.565. The number of nitrogens with one attached hydrogen (secondary N) is 1. The highest BCUT2D eigenvalue weighted by molar-refractivity contribution is 7.92. The number of nitrogen functional groups attached to an aromatic ring is 1. The average molecular weight is 310 g/mol. The van der Waals surface area contributed by atoms with Crippen molar-refractivity contribution in [2.75, 3.05) is 10.5 Å². The summed E-state index contributed by atoms with van der Waals surface area (Å²) in [6.07, 6.45) is 1.03. The van der Waals surface area contributed by atoms with Gasteiger partial charge in [-0.3, -0.25) is 9.52 Å². The lowest BCUT2D eigenvalue weighted by Gasteiger charge is -2.10. The monoisotopic (exact) mass is 310 g/mol. The van der Waals surface area contributed by atoms with Gasteiger partial charge in [0.05, 0.1) is 17.6 Å². The highest BCUT2D eigenvalue weighted by atomic mass is 32.2. The predicted molar refractivity (Wildman–Crippen MR) is 74.4 cm³/mol. The van der Waals surface area contributed by atoms with Gasteiger partial charge in [-0.15, -0.1) is 0 Å². The minimum absolute atomic E-state index is 0.0785. The topological polar surface area (TPSA) is 128 Å². The summed E-state index contributed by atoms with van der Waals surface area (Å²) in [7, 11) is -3.99. The van der Waals surface area contributed by atoms with Crippen LogP contribution in [0.25, 0.3) is 0 Å². The van der Waals surface area contributed by atoms with Gasteiger partial charge in [-0.05, 0) is 30.3 Å². The molecule has 2 aromatic rings. The molecular formula is C12H11FN4O3S. The summed E-state index contributed by atoms with van der Waals surface area (Å²) in [6.45, 7) is 0. The maximum atomic E-state index is 12.7. The molecule has 7 nitrogen and oxygen atoms in total. The fourth-order valence-corrected chi connectivity index (χ4v) is 2.75. The second-order valence-corrected chi connectivity index (χ2v) is 5.74. The summed E-state index contributed by atoms with van der Waals surface area (Å²) < 4.78 is 39.2. The Morgan fingerprint density at radius 2 is 1.95 bits per heavy atom. The lowest BCUT2D eigenvalue weighted by atomic mass is 10.2. The van der Waals surface area contributed by atoms with E-state index in [0.717, 1.165) is 18.3 Å². The van der Waals surface area contributed by atoms with E-state index in [0.29, 0.717) is 0 Å². The minimum Gasteiger partial charge on any atom is -0.398 e. The van der Waals surface area contributed by atoms with Crippen LogP contribution in [0.15, 0.2) is 41.4 Å². The highest BCUT2D eigenvalue weighted by Crippen LogP contribution is 2.22. The van der Waals surface area contributed by atoms with Crippen LogP contribution in [0.1, 0.15) is 10.4 Å². The van der Waals surface area contributed by atoms with E-state index < -0.39 is 21.9 Å². The molecular weight excluding hydrogens is 299 g/mol. The molecule has 0 aliphatic rings. The van der Waals surface area contributed by atoms with Crippen LogP contribution in [0.5, 0.6) is 0 Å². The molecule has 1 amide bonds. The SMILES string of the molecule is NC(=O)c1ccc(S(=O)(=O)Nc2ccc(F)nc2)c(N)c1. The number of nitrogens with two attached hydrogens (primary N) is 2. The number of halogens is 1. The number of anilines is 2. The van der Waals surface area contributed by atoms with Crippen molar-refractivity contribution in [1.29, 1.82) is 0 Å². The van der Waals surface area contributed by atoms with E-state index in [1.807, 2.05) is 0 Å². The van der Waals surface area contributed by atoms with E-state index in [9.17, 15) is 17.6 Å². The predicted octanol–water partition coefficient (Wildman–Crippen LogP) is 0.703. The number of carbonyl (C=O) groups is 1. The van der Waals surface area contributed by atoms with E-state index in [4.69, 9.17) is 11.5 Å². The molecule has 1 heterocycles. The number of nitrogens with zero attached hydrogens (tertiary/aromatic N) is 1. The summed E-state index contributed by atoms with van der Waals surface area (Å²) >= 11 is 0.